The average molecular weight is 490 g/mol. The first-order valence-corrected chi connectivity index (χ1v) is 11.7. The van der Waals surface area contributed by atoms with E-state index in [2.05, 4.69) is 25.2 Å². The molecule has 1 aliphatic rings. The number of para-hydroxylation sites is 1. The van der Waals surface area contributed by atoms with Crippen LogP contribution in [-0.2, 0) is 4.74 Å². The quantitative estimate of drug-likeness (QED) is 0.384. The largest absolute Gasteiger partial charge is 0.450 e. The SMILES string of the molecule is CCOC(=O)N1CCN(c2ccccc2-c2nc(N)nc(Nc3ccc4oc(=O)[nH]c4c3)c2C)CC1. The minimum absolute atomic E-state index is 0.137. The van der Waals surface area contributed by atoms with E-state index in [0.717, 1.165) is 22.5 Å². The van der Waals surface area contributed by atoms with Crippen LogP contribution in [0.2, 0.25) is 0 Å². The fourth-order valence-electron chi connectivity index (χ4n) is 4.38. The number of rotatable bonds is 5. The number of aromatic amines is 1. The molecular weight excluding hydrogens is 462 g/mol. The zero-order valence-electron chi connectivity index (χ0n) is 20.1. The highest BCUT2D eigenvalue weighted by Crippen LogP contribution is 2.35. The van der Waals surface area contributed by atoms with Gasteiger partial charge in [0.25, 0.3) is 0 Å². The number of carbonyl (C=O) groups is 1. The van der Waals surface area contributed by atoms with Crippen molar-refractivity contribution in [1.82, 2.24) is 19.9 Å². The van der Waals surface area contributed by atoms with Gasteiger partial charge in [0.1, 0.15) is 5.82 Å². The van der Waals surface area contributed by atoms with E-state index in [1.54, 1.807) is 30.0 Å². The Morgan fingerprint density at radius 2 is 1.94 bits per heavy atom. The Morgan fingerprint density at radius 1 is 1.17 bits per heavy atom. The molecule has 1 amide bonds. The predicted molar refractivity (Wildman–Crippen MR) is 138 cm³/mol. The summed E-state index contributed by atoms with van der Waals surface area (Å²) in [6.45, 7) is 6.59. The summed E-state index contributed by atoms with van der Waals surface area (Å²) in [4.78, 5) is 39.2. The maximum Gasteiger partial charge on any atom is 0.417 e. The molecule has 186 valence electrons. The Morgan fingerprint density at radius 3 is 2.72 bits per heavy atom. The number of aromatic nitrogens is 3. The molecule has 0 saturated carbocycles. The van der Waals surface area contributed by atoms with E-state index in [4.69, 9.17) is 14.9 Å². The predicted octanol–water partition coefficient (Wildman–Crippen LogP) is 3.49. The minimum atomic E-state index is -0.508. The highest BCUT2D eigenvalue weighted by molar-refractivity contribution is 5.83. The summed E-state index contributed by atoms with van der Waals surface area (Å²) in [5.74, 6) is 0.189. The van der Waals surface area contributed by atoms with Crippen molar-refractivity contribution in [2.75, 3.05) is 48.7 Å². The standard InChI is InChI=1S/C25H27N7O4/c1-3-35-25(34)32-12-10-31(11-13-32)19-7-5-4-6-17(19)21-15(2)22(30-23(26)29-21)27-16-8-9-20-18(14-16)28-24(33)36-20/h4-9,14H,3,10-13H2,1-2H3,(H,28,33)(H3,26,27,29,30). The van der Waals surface area contributed by atoms with Gasteiger partial charge in [-0.3, -0.25) is 4.98 Å². The van der Waals surface area contributed by atoms with Gasteiger partial charge in [-0.2, -0.15) is 4.98 Å². The molecule has 0 atom stereocenters. The number of amides is 1. The van der Waals surface area contributed by atoms with Crippen molar-refractivity contribution in [3.63, 3.8) is 0 Å². The van der Waals surface area contributed by atoms with Crippen LogP contribution in [0, 0.1) is 6.92 Å². The number of benzene rings is 2. The van der Waals surface area contributed by atoms with E-state index in [1.807, 2.05) is 31.2 Å². The second kappa shape index (κ2) is 9.61. The van der Waals surface area contributed by atoms with Crippen molar-refractivity contribution in [3.05, 3.63) is 58.6 Å². The van der Waals surface area contributed by atoms with Gasteiger partial charge in [-0.05, 0) is 38.1 Å². The molecule has 4 aromatic rings. The molecule has 0 unspecified atom stereocenters. The van der Waals surface area contributed by atoms with Crippen LogP contribution in [0.5, 0.6) is 0 Å². The lowest BCUT2D eigenvalue weighted by Crippen LogP contribution is -2.49. The monoisotopic (exact) mass is 489 g/mol. The summed E-state index contributed by atoms with van der Waals surface area (Å²) < 4.78 is 10.2. The molecule has 0 aliphatic carbocycles. The van der Waals surface area contributed by atoms with Crippen molar-refractivity contribution in [1.29, 1.82) is 0 Å². The molecule has 5 rings (SSSR count). The third kappa shape index (κ3) is 4.54. The molecule has 2 aromatic carbocycles. The normalized spacial score (nSPS) is 13.7. The third-order valence-corrected chi connectivity index (χ3v) is 6.15. The van der Waals surface area contributed by atoms with Crippen molar-refractivity contribution in [2.45, 2.75) is 13.8 Å². The number of hydrogen-bond donors (Lipinski definition) is 3. The van der Waals surface area contributed by atoms with Gasteiger partial charge in [-0.15, -0.1) is 0 Å². The highest BCUT2D eigenvalue weighted by Gasteiger charge is 2.24. The van der Waals surface area contributed by atoms with Crippen LogP contribution >= 0.6 is 0 Å². The summed E-state index contributed by atoms with van der Waals surface area (Å²) in [7, 11) is 0. The highest BCUT2D eigenvalue weighted by atomic mass is 16.6. The summed E-state index contributed by atoms with van der Waals surface area (Å²) in [6, 6.07) is 13.3. The molecule has 4 N–H and O–H groups in total. The number of ether oxygens (including phenoxy) is 1. The molecular formula is C25H27N7O4. The third-order valence-electron chi connectivity index (χ3n) is 6.15. The van der Waals surface area contributed by atoms with Crippen LogP contribution in [0.4, 0.5) is 27.9 Å². The van der Waals surface area contributed by atoms with Gasteiger partial charge in [-0.1, -0.05) is 18.2 Å². The van der Waals surface area contributed by atoms with Crippen LogP contribution < -0.4 is 21.7 Å². The fourth-order valence-corrected chi connectivity index (χ4v) is 4.38. The van der Waals surface area contributed by atoms with Gasteiger partial charge in [-0.25, -0.2) is 14.6 Å². The van der Waals surface area contributed by atoms with E-state index < -0.39 is 5.76 Å². The van der Waals surface area contributed by atoms with Gasteiger partial charge in [0.2, 0.25) is 5.95 Å². The van der Waals surface area contributed by atoms with Crippen molar-refractivity contribution in [3.8, 4) is 11.3 Å². The summed E-state index contributed by atoms with van der Waals surface area (Å²) in [6.07, 6.45) is -0.279. The van der Waals surface area contributed by atoms with E-state index in [9.17, 15) is 9.59 Å². The Balaban J connectivity index is 1.44. The number of oxazole rings is 1. The van der Waals surface area contributed by atoms with E-state index in [0.29, 0.717) is 55.4 Å². The van der Waals surface area contributed by atoms with Crippen molar-refractivity contribution in [2.24, 2.45) is 0 Å². The first-order valence-electron chi connectivity index (χ1n) is 11.7. The van der Waals surface area contributed by atoms with Crippen LogP contribution in [0.1, 0.15) is 12.5 Å². The van der Waals surface area contributed by atoms with Crippen LogP contribution in [-0.4, -0.2) is 58.7 Å². The lowest BCUT2D eigenvalue weighted by atomic mass is 10.0. The number of piperazine rings is 1. The smallest absolute Gasteiger partial charge is 0.417 e. The molecule has 2 aromatic heterocycles. The second-order valence-corrected chi connectivity index (χ2v) is 8.44. The van der Waals surface area contributed by atoms with Gasteiger partial charge < -0.3 is 30.0 Å². The molecule has 11 heteroatoms. The molecule has 1 saturated heterocycles. The molecule has 36 heavy (non-hydrogen) atoms. The first kappa shape index (κ1) is 23.2. The van der Waals surface area contributed by atoms with Gasteiger partial charge in [0.15, 0.2) is 5.58 Å². The zero-order valence-corrected chi connectivity index (χ0v) is 20.1. The van der Waals surface area contributed by atoms with E-state index >= 15 is 0 Å². The zero-order chi connectivity index (χ0) is 25.2. The lowest BCUT2D eigenvalue weighted by Gasteiger charge is -2.36. The number of anilines is 4. The van der Waals surface area contributed by atoms with Crippen molar-refractivity contribution >= 4 is 40.3 Å². The number of carbonyl (C=O) groups excluding carboxylic acids is 1. The first-order chi connectivity index (χ1) is 17.4. The van der Waals surface area contributed by atoms with Crippen LogP contribution in [0.15, 0.2) is 51.7 Å². The van der Waals surface area contributed by atoms with Gasteiger partial charge >= 0.3 is 11.8 Å². The summed E-state index contributed by atoms with van der Waals surface area (Å²) in [5, 5.41) is 3.29. The molecule has 0 radical (unpaired) electrons. The average Bonchev–Trinajstić information content (AvgIpc) is 3.25. The molecule has 0 spiro atoms. The number of nitrogens with one attached hydrogen (secondary N) is 2. The van der Waals surface area contributed by atoms with E-state index in [1.165, 1.54) is 0 Å². The van der Waals surface area contributed by atoms with Crippen LogP contribution in [0.25, 0.3) is 22.4 Å². The van der Waals surface area contributed by atoms with E-state index in [-0.39, 0.29) is 12.0 Å². The van der Waals surface area contributed by atoms with Gasteiger partial charge in [0.05, 0.1) is 17.8 Å². The number of nitrogens with two attached hydrogens (primary N) is 1. The second-order valence-electron chi connectivity index (χ2n) is 8.44. The Bertz CT molecular complexity index is 1470. The number of hydrogen-bond acceptors (Lipinski definition) is 9. The van der Waals surface area contributed by atoms with Crippen LogP contribution in [0.3, 0.4) is 0 Å². The minimum Gasteiger partial charge on any atom is -0.450 e. The molecule has 3 heterocycles. The molecule has 0 bridgehead atoms. The Labute approximate surface area is 206 Å². The number of fused-ring (bicyclic) bond motifs is 1. The summed E-state index contributed by atoms with van der Waals surface area (Å²) >= 11 is 0. The molecule has 1 fully saturated rings. The summed E-state index contributed by atoms with van der Waals surface area (Å²) in [5.41, 5.74) is 11.4. The topological polar surface area (TPSA) is 143 Å². The number of H-pyrrole nitrogens is 1. The fraction of sp³-hybridized carbons (Fsp3) is 0.280. The maximum atomic E-state index is 12.1. The number of nitrogens with zero attached hydrogens (tertiary/aromatic N) is 4. The van der Waals surface area contributed by atoms with Gasteiger partial charge in [0, 0.05) is 48.7 Å². The number of nitrogen functional groups attached to an aromatic ring is 1. The maximum absolute atomic E-state index is 12.1. The Kier molecular flexibility index (Phi) is 6.19. The Hall–Kier alpha value is -4.54. The lowest BCUT2D eigenvalue weighted by molar-refractivity contribution is 0.105. The van der Waals surface area contributed by atoms with Crippen molar-refractivity contribution < 1.29 is 13.9 Å². The molecule has 1 aliphatic heterocycles. The molecule has 11 nitrogen and oxygen atoms in total.